The molecule has 0 aromatic carbocycles. The monoisotopic (exact) mass is 195 g/mol. The van der Waals surface area contributed by atoms with Crippen LogP contribution in [0.5, 0.6) is 5.88 Å². The molecule has 0 fully saturated rings. The fourth-order valence-corrected chi connectivity index (χ4v) is 1.22. The molecule has 0 radical (unpaired) electrons. The van der Waals surface area contributed by atoms with Gasteiger partial charge in [0.05, 0.1) is 11.7 Å². The maximum Gasteiger partial charge on any atom is 0.221 e. The molecule has 2 N–H and O–H groups in total. The predicted molar refractivity (Wildman–Crippen MR) is 56.2 cm³/mol. The first-order chi connectivity index (χ1) is 6.65. The van der Waals surface area contributed by atoms with Gasteiger partial charge in [0.2, 0.25) is 5.88 Å². The fraction of sp³-hybridized carbons (Fsp3) is 0.600. The number of anilines is 1. The summed E-state index contributed by atoms with van der Waals surface area (Å²) in [5.74, 6) is 1.08. The summed E-state index contributed by atoms with van der Waals surface area (Å²) in [6.07, 6.45) is 3.72. The summed E-state index contributed by atoms with van der Waals surface area (Å²) in [4.78, 5) is 7.93. The minimum atomic E-state index is 0.174. The third-order valence-electron chi connectivity index (χ3n) is 2.08. The van der Waals surface area contributed by atoms with E-state index in [4.69, 9.17) is 10.5 Å². The van der Waals surface area contributed by atoms with Crippen molar-refractivity contribution in [2.24, 2.45) is 0 Å². The van der Waals surface area contributed by atoms with E-state index in [2.05, 4.69) is 16.9 Å². The van der Waals surface area contributed by atoms with Gasteiger partial charge in [0.25, 0.3) is 0 Å². The molecule has 0 saturated heterocycles. The SMILES string of the molecule is CCCC(C)Oc1ncnc(N)c1C. The second-order valence-electron chi connectivity index (χ2n) is 3.41. The van der Waals surface area contributed by atoms with E-state index in [1.54, 1.807) is 0 Å². The van der Waals surface area contributed by atoms with Gasteiger partial charge in [0.15, 0.2) is 0 Å². The molecule has 0 aliphatic carbocycles. The predicted octanol–water partition coefficient (Wildman–Crippen LogP) is 1.93. The van der Waals surface area contributed by atoms with Crippen molar-refractivity contribution in [1.82, 2.24) is 9.97 Å². The molecule has 78 valence electrons. The van der Waals surface area contributed by atoms with E-state index in [1.807, 2.05) is 13.8 Å². The average Bonchev–Trinajstić information content (AvgIpc) is 2.13. The average molecular weight is 195 g/mol. The van der Waals surface area contributed by atoms with Crippen LogP contribution in [0.2, 0.25) is 0 Å². The first-order valence-corrected chi connectivity index (χ1v) is 4.88. The van der Waals surface area contributed by atoms with Gasteiger partial charge in [-0.15, -0.1) is 0 Å². The van der Waals surface area contributed by atoms with E-state index >= 15 is 0 Å². The summed E-state index contributed by atoms with van der Waals surface area (Å²) in [6.45, 7) is 6.02. The largest absolute Gasteiger partial charge is 0.474 e. The highest BCUT2D eigenvalue weighted by Crippen LogP contribution is 2.19. The van der Waals surface area contributed by atoms with Crippen LogP contribution in [-0.4, -0.2) is 16.1 Å². The number of nitrogens with two attached hydrogens (primary N) is 1. The highest BCUT2D eigenvalue weighted by molar-refractivity contribution is 5.43. The van der Waals surface area contributed by atoms with Crippen molar-refractivity contribution in [1.29, 1.82) is 0 Å². The van der Waals surface area contributed by atoms with Crippen molar-refractivity contribution in [3.63, 3.8) is 0 Å². The summed E-state index contributed by atoms with van der Waals surface area (Å²) in [5.41, 5.74) is 6.45. The Hall–Kier alpha value is -1.32. The molecule has 1 atom stereocenters. The topological polar surface area (TPSA) is 61.0 Å². The Morgan fingerprint density at radius 2 is 2.21 bits per heavy atom. The van der Waals surface area contributed by atoms with E-state index in [1.165, 1.54) is 6.33 Å². The Balaban J connectivity index is 2.71. The highest BCUT2D eigenvalue weighted by Gasteiger charge is 2.08. The highest BCUT2D eigenvalue weighted by atomic mass is 16.5. The number of nitrogens with zero attached hydrogens (tertiary/aromatic N) is 2. The summed E-state index contributed by atoms with van der Waals surface area (Å²) in [6, 6.07) is 0. The first-order valence-electron chi connectivity index (χ1n) is 4.88. The molecule has 1 heterocycles. The minimum absolute atomic E-state index is 0.174. The van der Waals surface area contributed by atoms with E-state index in [0.29, 0.717) is 11.7 Å². The van der Waals surface area contributed by atoms with Crippen LogP contribution >= 0.6 is 0 Å². The lowest BCUT2D eigenvalue weighted by Crippen LogP contribution is -2.13. The zero-order chi connectivity index (χ0) is 10.6. The van der Waals surface area contributed by atoms with Crippen LogP contribution in [0.1, 0.15) is 32.3 Å². The summed E-state index contributed by atoms with van der Waals surface area (Å²) in [7, 11) is 0. The number of ether oxygens (including phenoxy) is 1. The number of aromatic nitrogens is 2. The molecule has 0 aliphatic rings. The normalized spacial score (nSPS) is 12.5. The lowest BCUT2D eigenvalue weighted by atomic mass is 10.2. The molecule has 1 unspecified atom stereocenters. The van der Waals surface area contributed by atoms with Gasteiger partial charge in [-0.1, -0.05) is 13.3 Å². The van der Waals surface area contributed by atoms with Crippen LogP contribution < -0.4 is 10.5 Å². The van der Waals surface area contributed by atoms with E-state index < -0.39 is 0 Å². The number of nitrogen functional groups attached to an aromatic ring is 1. The van der Waals surface area contributed by atoms with Gasteiger partial charge in [0, 0.05) is 0 Å². The summed E-state index contributed by atoms with van der Waals surface area (Å²) in [5, 5.41) is 0. The van der Waals surface area contributed by atoms with Gasteiger partial charge >= 0.3 is 0 Å². The van der Waals surface area contributed by atoms with Gasteiger partial charge in [-0.25, -0.2) is 9.97 Å². The number of hydrogen-bond donors (Lipinski definition) is 1. The van der Waals surface area contributed by atoms with E-state index in [0.717, 1.165) is 18.4 Å². The zero-order valence-corrected chi connectivity index (χ0v) is 8.95. The molecule has 0 bridgehead atoms. The molecule has 4 heteroatoms. The van der Waals surface area contributed by atoms with Gasteiger partial charge in [-0.05, 0) is 20.3 Å². The van der Waals surface area contributed by atoms with Crippen molar-refractivity contribution in [2.75, 3.05) is 5.73 Å². The first kappa shape index (κ1) is 10.8. The molecule has 0 spiro atoms. The third-order valence-corrected chi connectivity index (χ3v) is 2.08. The standard InChI is InChI=1S/C10H17N3O/c1-4-5-7(2)14-10-8(3)9(11)12-6-13-10/h6-7H,4-5H2,1-3H3,(H2,11,12,13). The van der Waals surface area contributed by atoms with Crippen LogP contribution in [0, 0.1) is 6.92 Å². The molecule has 1 rings (SSSR count). The van der Waals surface area contributed by atoms with Crippen molar-refractivity contribution in [2.45, 2.75) is 39.7 Å². The quantitative estimate of drug-likeness (QED) is 0.797. The number of rotatable bonds is 4. The van der Waals surface area contributed by atoms with Gasteiger partial charge < -0.3 is 10.5 Å². The van der Waals surface area contributed by atoms with Crippen molar-refractivity contribution < 1.29 is 4.74 Å². The minimum Gasteiger partial charge on any atom is -0.474 e. The summed E-state index contributed by atoms with van der Waals surface area (Å²) < 4.78 is 5.64. The van der Waals surface area contributed by atoms with Crippen LogP contribution in [0.25, 0.3) is 0 Å². The Kier molecular flexibility index (Phi) is 3.68. The maximum absolute atomic E-state index is 5.64. The Morgan fingerprint density at radius 3 is 2.86 bits per heavy atom. The Morgan fingerprint density at radius 1 is 1.50 bits per heavy atom. The number of hydrogen-bond acceptors (Lipinski definition) is 4. The van der Waals surface area contributed by atoms with Crippen LogP contribution in [0.15, 0.2) is 6.33 Å². The van der Waals surface area contributed by atoms with Crippen molar-refractivity contribution in [3.8, 4) is 5.88 Å². The third kappa shape index (κ3) is 2.58. The molecule has 0 aliphatic heterocycles. The molecular formula is C10H17N3O. The van der Waals surface area contributed by atoms with Gasteiger partial charge in [-0.3, -0.25) is 0 Å². The van der Waals surface area contributed by atoms with Crippen molar-refractivity contribution in [3.05, 3.63) is 11.9 Å². The fourth-order valence-electron chi connectivity index (χ4n) is 1.22. The second-order valence-corrected chi connectivity index (χ2v) is 3.41. The molecule has 14 heavy (non-hydrogen) atoms. The van der Waals surface area contributed by atoms with E-state index in [9.17, 15) is 0 Å². The lowest BCUT2D eigenvalue weighted by molar-refractivity contribution is 0.200. The smallest absolute Gasteiger partial charge is 0.221 e. The molecule has 1 aromatic heterocycles. The lowest BCUT2D eigenvalue weighted by Gasteiger charge is -2.14. The second kappa shape index (κ2) is 4.79. The Labute approximate surface area is 84.5 Å². The van der Waals surface area contributed by atoms with Crippen LogP contribution in [-0.2, 0) is 0 Å². The molecule has 0 saturated carbocycles. The van der Waals surface area contributed by atoms with E-state index in [-0.39, 0.29) is 6.10 Å². The molecule has 1 aromatic rings. The van der Waals surface area contributed by atoms with Crippen LogP contribution in [0.4, 0.5) is 5.82 Å². The molecule has 0 amide bonds. The zero-order valence-electron chi connectivity index (χ0n) is 8.95. The summed E-state index contributed by atoms with van der Waals surface area (Å²) >= 11 is 0. The van der Waals surface area contributed by atoms with Gasteiger partial charge in [-0.2, -0.15) is 0 Å². The molecular weight excluding hydrogens is 178 g/mol. The Bertz CT molecular complexity index is 301. The van der Waals surface area contributed by atoms with Gasteiger partial charge in [0.1, 0.15) is 12.1 Å². The van der Waals surface area contributed by atoms with Crippen LogP contribution in [0.3, 0.4) is 0 Å². The maximum atomic E-state index is 5.64. The molecule has 4 nitrogen and oxygen atoms in total. The van der Waals surface area contributed by atoms with Crippen molar-refractivity contribution >= 4 is 5.82 Å².